The van der Waals surface area contributed by atoms with E-state index in [4.69, 9.17) is 0 Å². The Kier molecular flexibility index (Phi) is 5.79. The van der Waals surface area contributed by atoms with Gasteiger partial charge in [0.2, 0.25) is 5.91 Å². The van der Waals surface area contributed by atoms with Gasteiger partial charge in [-0.2, -0.15) is 0 Å². The highest BCUT2D eigenvalue weighted by Gasteiger charge is 2.39. The van der Waals surface area contributed by atoms with Crippen LogP contribution in [0.1, 0.15) is 37.6 Å². The minimum absolute atomic E-state index is 0.0630. The molecule has 5 heteroatoms. The van der Waals surface area contributed by atoms with Gasteiger partial charge in [-0.1, -0.05) is 6.92 Å². The van der Waals surface area contributed by atoms with Crippen LogP contribution in [0.4, 0.5) is 17.1 Å². The highest BCUT2D eigenvalue weighted by atomic mass is 16.2. The van der Waals surface area contributed by atoms with E-state index in [9.17, 15) is 9.59 Å². The van der Waals surface area contributed by atoms with Crippen molar-refractivity contribution in [2.45, 2.75) is 27.2 Å². The Balaban J connectivity index is 1.58. The monoisotopic (exact) mass is 365 g/mol. The van der Waals surface area contributed by atoms with Crippen LogP contribution in [0.25, 0.3) is 0 Å². The third kappa shape index (κ3) is 4.67. The minimum atomic E-state index is -0.167. The van der Waals surface area contributed by atoms with Crippen LogP contribution in [-0.2, 0) is 4.79 Å². The Bertz CT molecular complexity index is 795. The molecule has 0 bridgehead atoms. The van der Waals surface area contributed by atoms with Gasteiger partial charge >= 0.3 is 0 Å². The standard InChI is InChI=1S/C22H27N3O2/c1-4-25(5-2)19-12-10-18(11-13-19)23-21(26)16-6-8-17(9-7-16)24-22(27)20-14-15(20)3/h6-13,15,20H,4-5,14H2,1-3H3,(H,23,26)(H,24,27). The largest absolute Gasteiger partial charge is 0.372 e. The summed E-state index contributed by atoms with van der Waals surface area (Å²) in [4.78, 5) is 26.7. The van der Waals surface area contributed by atoms with Crippen molar-refractivity contribution < 1.29 is 9.59 Å². The molecule has 142 valence electrons. The molecule has 1 aliphatic rings. The number of anilines is 3. The molecular formula is C22H27N3O2. The Morgan fingerprint density at radius 1 is 0.926 bits per heavy atom. The fourth-order valence-electron chi connectivity index (χ4n) is 3.17. The van der Waals surface area contributed by atoms with Crippen LogP contribution in [-0.4, -0.2) is 24.9 Å². The highest BCUT2D eigenvalue weighted by molar-refractivity contribution is 6.04. The molecular weight excluding hydrogens is 338 g/mol. The second-order valence-electron chi connectivity index (χ2n) is 7.06. The van der Waals surface area contributed by atoms with E-state index in [1.54, 1.807) is 24.3 Å². The predicted molar refractivity (Wildman–Crippen MR) is 110 cm³/mol. The Labute approximate surface area is 160 Å². The SMILES string of the molecule is CCN(CC)c1ccc(NC(=O)c2ccc(NC(=O)C3CC3C)cc2)cc1. The Morgan fingerprint density at radius 2 is 1.44 bits per heavy atom. The summed E-state index contributed by atoms with van der Waals surface area (Å²) in [5.74, 6) is 0.503. The van der Waals surface area contributed by atoms with Crippen molar-refractivity contribution in [1.29, 1.82) is 0 Å². The molecule has 2 unspecified atom stereocenters. The maximum atomic E-state index is 12.4. The fourth-order valence-corrected chi connectivity index (χ4v) is 3.17. The molecule has 0 aliphatic heterocycles. The van der Waals surface area contributed by atoms with Crippen LogP contribution < -0.4 is 15.5 Å². The van der Waals surface area contributed by atoms with E-state index in [2.05, 4.69) is 36.3 Å². The Morgan fingerprint density at radius 3 is 1.96 bits per heavy atom. The average molecular weight is 365 g/mol. The van der Waals surface area contributed by atoms with Gasteiger partial charge in [-0.05, 0) is 74.7 Å². The first kappa shape index (κ1) is 19.0. The van der Waals surface area contributed by atoms with Gasteiger partial charge in [0, 0.05) is 41.6 Å². The second kappa shape index (κ2) is 8.25. The minimum Gasteiger partial charge on any atom is -0.372 e. The summed E-state index contributed by atoms with van der Waals surface area (Å²) in [5, 5.41) is 5.81. The molecule has 0 heterocycles. The van der Waals surface area contributed by atoms with Gasteiger partial charge in [0.1, 0.15) is 0 Å². The van der Waals surface area contributed by atoms with Gasteiger partial charge in [0.25, 0.3) is 5.91 Å². The summed E-state index contributed by atoms with van der Waals surface area (Å²) in [7, 11) is 0. The van der Waals surface area contributed by atoms with Gasteiger partial charge in [0.05, 0.1) is 0 Å². The Hall–Kier alpha value is -2.82. The van der Waals surface area contributed by atoms with Crippen molar-refractivity contribution >= 4 is 28.9 Å². The lowest BCUT2D eigenvalue weighted by atomic mass is 10.1. The number of nitrogens with zero attached hydrogens (tertiary/aromatic N) is 1. The zero-order valence-electron chi connectivity index (χ0n) is 16.2. The number of rotatable bonds is 7. The van der Waals surface area contributed by atoms with Crippen molar-refractivity contribution in [3.63, 3.8) is 0 Å². The molecule has 2 N–H and O–H groups in total. The van der Waals surface area contributed by atoms with Gasteiger partial charge in [0.15, 0.2) is 0 Å². The summed E-state index contributed by atoms with van der Waals surface area (Å²) >= 11 is 0. The van der Waals surface area contributed by atoms with Crippen LogP contribution >= 0.6 is 0 Å². The summed E-state index contributed by atoms with van der Waals surface area (Å²) in [6.07, 6.45) is 0.958. The molecule has 5 nitrogen and oxygen atoms in total. The zero-order chi connectivity index (χ0) is 19.4. The average Bonchev–Trinajstić information content (AvgIpc) is 3.41. The number of carbonyl (C=O) groups is 2. The zero-order valence-corrected chi connectivity index (χ0v) is 16.2. The van der Waals surface area contributed by atoms with Gasteiger partial charge in [-0.15, -0.1) is 0 Å². The molecule has 2 amide bonds. The fraction of sp³-hybridized carbons (Fsp3) is 0.364. The molecule has 0 spiro atoms. The van der Waals surface area contributed by atoms with Gasteiger partial charge in [-0.3, -0.25) is 9.59 Å². The predicted octanol–water partition coefficient (Wildman–Crippen LogP) is 4.38. The number of nitrogens with one attached hydrogen (secondary N) is 2. The highest BCUT2D eigenvalue weighted by Crippen LogP contribution is 2.38. The quantitative estimate of drug-likeness (QED) is 0.765. The molecule has 0 aromatic heterocycles. The van der Waals surface area contributed by atoms with Gasteiger partial charge in [-0.25, -0.2) is 0 Å². The first-order valence-corrected chi connectivity index (χ1v) is 9.59. The molecule has 1 fully saturated rings. The third-order valence-electron chi connectivity index (χ3n) is 5.11. The van der Waals surface area contributed by atoms with Crippen molar-refractivity contribution in [1.82, 2.24) is 0 Å². The summed E-state index contributed by atoms with van der Waals surface area (Å²) < 4.78 is 0. The number of hydrogen-bond donors (Lipinski definition) is 2. The molecule has 27 heavy (non-hydrogen) atoms. The molecule has 2 aromatic rings. The molecule has 0 saturated heterocycles. The third-order valence-corrected chi connectivity index (χ3v) is 5.11. The van der Waals surface area contributed by atoms with E-state index in [0.29, 0.717) is 11.5 Å². The maximum absolute atomic E-state index is 12.4. The lowest BCUT2D eigenvalue weighted by Crippen LogP contribution is -2.21. The van der Waals surface area contributed by atoms with Crippen LogP contribution in [0, 0.1) is 11.8 Å². The summed E-state index contributed by atoms with van der Waals surface area (Å²) in [6, 6.07) is 14.8. The molecule has 1 aliphatic carbocycles. The van der Waals surface area contributed by atoms with E-state index in [1.165, 1.54) is 0 Å². The first-order chi connectivity index (χ1) is 13.0. The summed E-state index contributed by atoms with van der Waals surface area (Å²) in [5.41, 5.74) is 3.18. The van der Waals surface area contributed by atoms with E-state index < -0.39 is 0 Å². The van der Waals surface area contributed by atoms with Gasteiger partial charge < -0.3 is 15.5 Å². The maximum Gasteiger partial charge on any atom is 0.255 e. The number of benzene rings is 2. The number of carbonyl (C=O) groups excluding carboxylic acids is 2. The smallest absolute Gasteiger partial charge is 0.255 e. The van der Waals surface area contributed by atoms with E-state index in [-0.39, 0.29) is 17.7 Å². The topological polar surface area (TPSA) is 61.4 Å². The lowest BCUT2D eigenvalue weighted by molar-refractivity contribution is -0.117. The molecule has 0 radical (unpaired) electrons. The van der Waals surface area contributed by atoms with E-state index >= 15 is 0 Å². The number of amides is 2. The number of hydrogen-bond acceptors (Lipinski definition) is 3. The molecule has 2 atom stereocenters. The molecule has 2 aromatic carbocycles. The van der Waals surface area contributed by atoms with Crippen molar-refractivity contribution in [2.75, 3.05) is 28.6 Å². The summed E-state index contributed by atoms with van der Waals surface area (Å²) in [6.45, 7) is 8.22. The van der Waals surface area contributed by atoms with Crippen molar-refractivity contribution in [2.24, 2.45) is 11.8 Å². The van der Waals surface area contributed by atoms with Crippen LogP contribution in [0.5, 0.6) is 0 Å². The first-order valence-electron chi connectivity index (χ1n) is 9.59. The second-order valence-corrected chi connectivity index (χ2v) is 7.06. The normalized spacial score (nSPS) is 17.9. The van der Waals surface area contributed by atoms with Crippen LogP contribution in [0.15, 0.2) is 48.5 Å². The van der Waals surface area contributed by atoms with E-state index in [1.807, 2.05) is 24.3 Å². The van der Waals surface area contributed by atoms with E-state index in [0.717, 1.165) is 36.6 Å². The lowest BCUT2D eigenvalue weighted by Gasteiger charge is -2.21. The van der Waals surface area contributed by atoms with Crippen LogP contribution in [0.3, 0.4) is 0 Å². The van der Waals surface area contributed by atoms with Crippen molar-refractivity contribution in [3.8, 4) is 0 Å². The molecule has 1 saturated carbocycles. The van der Waals surface area contributed by atoms with Crippen LogP contribution in [0.2, 0.25) is 0 Å². The van der Waals surface area contributed by atoms with Crippen molar-refractivity contribution in [3.05, 3.63) is 54.1 Å². The molecule has 3 rings (SSSR count).